The van der Waals surface area contributed by atoms with Crippen LogP contribution in [0.2, 0.25) is 0 Å². The van der Waals surface area contributed by atoms with Crippen LogP contribution in [0.4, 0.5) is 0 Å². The Bertz CT molecular complexity index is 259. The fourth-order valence-electron chi connectivity index (χ4n) is 0.337. The average Bonchev–Trinajstić information content (AvgIpc) is 2.33. The lowest BCUT2D eigenvalue weighted by molar-refractivity contribution is -0.135. The van der Waals surface area contributed by atoms with Crippen molar-refractivity contribution in [2.75, 3.05) is 19.6 Å². The standard InChI is InChI=1S/C4H12N2O2.4C2H4O2/c1-2-6(8)4-3-5-7;4*1-2(3)4/h5,7-8H,2-4H2,1H3;4*1H3,(H,3,4). The van der Waals surface area contributed by atoms with Gasteiger partial charge in [0.2, 0.25) is 0 Å². The van der Waals surface area contributed by atoms with Gasteiger partial charge in [-0.15, -0.1) is 0 Å². The van der Waals surface area contributed by atoms with Crippen molar-refractivity contribution in [2.24, 2.45) is 0 Å². The Morgan fingerprint density at radius 3 is 1.12 bits per heavy atom. The van der Waals surface area contributed by atoms with E-state index in [1.807, 2.05) is 12.4 Å². The molecule has 0 fully saturated rings. The van der Waals surface area contributed by atoms with Gasteiger partial charge in [-0.3, -0.25) is 19.2 Å². The second-order valence-corrected chi connectivity index (χ2v) is 3.53. The summed E-state index contributed by atoms with van der Waals surface area (Å²) in [6, 6.07) is 0. The van der Waals surface area contributed by atoms with E-state index >= 15 is 0 Å². The van der Waals surface area contributed by atoms with Crippen molar-refractivity contribution in [1.82, 2.24) is 10.5 Å². The minimum absolute atomic E-state index is 0.393. The number of nitrogens with zero attached hydrogens (tertiary/aromatic N) is 1. The van der Waals surface area contributed by atoms with Gasteiger partial charge in [0.25, 0.3) is 23.9 Å². The lowest BCUT2D eigenvalue weighted by Gasteiger charge is -2.09. The molecule has 0 aliphatic carbocycles. The van der Waals surface area contributed by atoms with Crippen LogP contribution in [0.15, 0.2) is 0 Å². The predicted octanol–water partition coefficient (Wildman–Crippen LogP) is 0.0399. The molecule has 0 aliphatic rings. The van der Waals surface area contributed by atoms with E-state index in [1.54, 1.807) is 0 Å². The molecule has 0 aliphatic heterocycles. The third-order valence-corrected chi connectivity index (χ3v) is 0.847. The highest BCUT2D eigenvalue weighted by Crippen LogP contribution is 1.74. The Balaban J connectivity index is -0.0000000657. The number of carbonyl (C=O) groups is 4. The number of nitrogens with one attached hydrogen (secondary N) is 1. The summed E-state index contributed by atoms with van der Waals surface area (Å²) in [5.41, 5.74) is 1.93. The fraction of sp³-hybridized carbons (Fsp3) is 0.667. The SMILES string of the molecule is CC(=O)O.CC(=O)O.CC(=O)O.CC(=O)O.CCN(O)CCNO. The summed E-state index contributed by atoms with van der Waals surface area (Å²) in [5, 5.41) is 47.5. The number of rotatable bonds is 4. The maximum Gasteiger partial charge on any atom is 0.300 e. The summed E-state index contributed by atoms with van der Waals surface area (Å²) in [6.07, 6.45) is 0. The molecule has 24 heavy (non-hydrogen) atoms. The van der Waals surface area contributed by atoms with Gasteiger partial charge in [-0.1, -0.05) is 6.92 Å². The molecule has 0 atom stereocenters. The van der Waals surface area contributed by atoms with Crippen LogP contribution in [0, 0.1) is 0 Å². The number of aliphatic carboxylic acids is 4. The van der Waals surface area contributed by atoms with Gasteiger partial charge in [-0.2, -0.15) is 5.06 Å². The molecule has 0 bridgehead atoms. The van der Waals surface area contributed by atoms with Crippen LogP contribution in [0.3, 0.4) is 0 Å². The molecule has 0 unspecified atom stereocenters. The van der Waals surface area contributed by atoms with Crippen molar-refractivity contribution in [1.29, 1.82) is 0 Å². The topological polar surface area (TPSA) is 205 Å². The first-order valence-electron chi connectivity index (χ1n) is 6.33. The molecule has 0 aromatic rings. The van der Waals surface area contributed by atoms with E-state index in [9.17, 15) is 0 Å². The third-order valence-electron chi connectivity index (χ3n) is 0.847. The average molecular weight is 360 g/mol. The van der Waals surface area contributed by atoms with Gasteiger partial charge < -0.3 is 30.8 Å². The Labute approximate surface area is 139 Å². The second kappa shape index (κ2) is 28.8. The Hall–Kier alpha value is -2.28. The summed E-state index contributed by atoms with van der Waals surface area (Å²) in [6.45, 7) is 7.59. The highest BCUT2D eigenvalue weighted by atomic mass is 16.5. The number of carboxylic acid groups (broad SMARTS) is 4. The van der Waals surface area contributed by atoms with E-state index < -0.39 is 23.9 Å². The first-order chi connectivity index (χ1) is 10.7. The van der Waals surface area contributed by atoms with Gasteiger partial charge in [-0.05, 0) is 0 Å². The third kappa shape index (κ3) is 499. The van der Waals surface area contributed by atoms with Crippen molar-refractivity contribution in [3.63, 3.8) is 0 Å². The van der Waals surface area contributed by atoms with Crippen molar-refractivity contribution >= 4 is 23.9 Å². The summed E-state index contributed by atoms with van der Waals surface area (Å²) < 4.78 is 0. The molecule has 0 rings (SSSR count). The van der Waals surface area contributed by atoms with Crippen molar-refractivity contribution in [2.45, 2.75) is 34.6 Å². The minimum atomic E-state index is -0.833. The highest BCUT2D eigenvalue weighted by molar-refractivity contribution is 5.63. The van der Waals surface area contributed by atoms with Gasteiger partial charge in [0, 0.05) is 47.3 Å². The molecule has 12 heteroatoms. The van der Waals surface area contributed by atoms with Crippen molar-refractivity contribution in [3.05, 3.63) is 0 Å². The molecule has 0 aromatic heterocycles. The highest BCUT2D eigenvalue weighted by Gasteiger charge is 1.91. The van der Waals surface area contributed by atoms with E-state index in [-0.39, 0.29) is 0 Å². The largest absolute Gasteiger partial charge is 0.481 e. The van der Waals surface area contributed by atoms with Crippen LogP contribution in [0.25, 0.3) is 0 Å². The first-order valence-corrected chi connectivity index (χ1v) is 6.33. The van der Waals surface area contributed by atoms with E-state index in [4.69, 9.17) is 50.0 Å². The van der Waals surface area contributed by atoms with Crippen LogP contribution >= 0.6 is 0 Å². The summed E-state index contributed by atoms with van der Waals surface area (Å²) >= 11 is 0. The molecule has 0 heterocycles. The zero-order valence-corrected chi connectivity index (χ0v) is 14.4. The number of carboxylic acids is 4. The van der Waals surface area contributed by atoms with E-state index in [1.165, 1.54) is 0 Å². The Kier molecular flexibility index (Phi) is 40.1. The van der Waals surface area contributed by atoms with Crippen molar-refractivity contribution < 1.29 is 50.0 Å². The maximum atomic E-state index is 9.00. The van der Waals surface area contributed by atoms with Crippen LogP contribution in [0.5, 0.6) is 0 Å². The van der Waals surface area contributed by atoms with Crippen molar-refractivity contribution in [3.8, 4) is 0 Å². The Morgan fingerprint density at radius 1 is 0.792 bits per heavy atom. The zero-order valence-electron chi connectivity index (χ0n) is 14.4. The van der Waals surface area contributed by atoms with Crippen LogP contribution < -0.4 is 5.48 Å². The zero-order chi connectivity index (χ0) is 20.7. The molecule has 0 saturated carbocycles. The van der Waals surface area contributed by atoms with E-state index in [0.29, 0.717) is 19.6 Å². The molecule has 0 spiro atoms. The number of hydroxylamine groups is 3. The first kappa shape index (κ1) is 33.4. The monoisotopic (exact) mass is 360 g/mol. The number of likely N-dealkylation sites (N-methyl/N-ethyl adjacent to an activating group) is 1. The molecule has 0 radical (unpaired) electrons. The normalized spacial score (nSPS) is 7.67. The number of hydrogen-bond acceptors (Lipinski definition) is 8. The van der Waals surface area contributed by atoms with Gasteiger partial charge >= 0.3 is 0 Å². The van der Waals surface area contributed by atoms with E-state index in [0.717, 1.165) is 32.8 Å². The van der Waals surface area contributed by atoms with Gasteiger partial charge in [-0.25, -0.2) is 5.48 Å². The Morgan fingerprint density at radius 2 is 1.00 bits per heavy atom. The molecular formula is C12H28N2O10. The molecule has 146 valence electrons. The minimum Gasteiger partial charge on any atom is -0.481 e. The lowest BCUT2D eigenvalue weighted by Crippen LogP contribution is -2.27. The van der Waals surface area contributed by atoms with Crippen LogP contribution in [-0.4, -0.2) is 79.4 Å². The van der Waals surface area contributed by atoms with Crippen LogP contribution in [0.1, 0.15) is 34.6 Å². The fourth-order valence-corrected chi connectivity index (χ4v) is 0.337. The molecule has 0 amide bonds. The number of hydrogen-bond donors (Lipinski definition) is 7. The predicted molar refractivity (Wildman–Crippen MR) is 82.1 cm³/mol. The molecule has 7 N–H and O–H groups in total. The summed E-state index contributed by atoms with van der Waals surface area (Å²) in [4.78, 5) is 36.0. The maximum absolute atomic E-state index is 9.00. The molecule has 0 aromatic carbocycles. The molecule has 12 nitrogen and oxygen atoms in total. The molecule has 0 saturated heterocycles. The van der Waals surface area contributed by atoms with E-state index in [2.05, 4.69) is 0 Å². The quantitative estimate of drug-likeness (QED) is 0.332. The van der Waals surface area contributed by atoms with Gasteiger partial charge in [0.05, 0.1) is 0 Å². The van der Waals surface area contributed by atoms with Gasteiger partial charge in [0.1, 0.15) is 0 Å². The molecular weight excluding hydrogens is 332 g/mol. The second-order valence-electron chi connectivity index (χ2n) is 3.53. The summed E-state index contributed by atoms with van der Waals surface area (Å²) in [7, 11) is 0. The lowest BCUT2D eigenvalue weighted by atomic mass is 10.6. The summed E-state index contributed by atoms with van der Waals surface area (Å²) in [5.74, 6) is -3.33. The smallest absolute Gasteiger partial charge is 0.300 e. The van der Waals surface area contributed by atoms with Crippen LogP contribution in [-0.2, 0) is 19.2 Å². The van der Waals surface area contributed by atoms with Gasteiger partial charge in [0.15, 0.2) is 0 Å².